The van der Waals surface area contributed by atoms with Crippen LogP contribution < -0.4 is 10.2 Å². The van der Waals surface area contributed by atoms with Crippen molar-refractivity contribution in [1.82, 2.24) is 4.98 Å². The van der Waals surface area contributed by atoms with E-state index < -0.39 is 0 Å². The number of hydrogen-bond acceptors (Lipinski definition) is 3. The van der Waals surface area contributed by atoms with Crippen LogP contribution in [0.15, 0.2) is 47.1 Å². The van der Waals surface area contributed by atoms with Gasteiger partial charge >= 0.3 is 0 Å². The van der Waals surface area contributed by atoms with E-state index in [1.165, 1.54) is 0 Å². The minimum Gasteiger partial charge on any atom is -0.357 e. The van der Waals surface area contributed by atoms with Gasteiger partial charge in [0.25, 0.3) is 0 Å². The molecule has 2 rings (SSSR count). The van der Waals surface area contributed by atoms with E-state index in [1.54, 1.807) is 6.20 Å². The van der Waals surface area contributed by atoms with Crippen molar-refractivity contribution in [2.45, 2.75) is 20.3 Å². The van der Waals surface area contributed by atoms with Gasteiger partial charge in [0.2, 0.25) is 5.91 Å². The number of aromatic nitrogens is 1. The van der Waals surface area contributed by atoms with E-state index in [1.807, 2.05) is 36.4 Å². The van der Waals surface area contributed by atoms with Crippen molar-refractivity contribution < 1.29 is 4.79 Å². The number of halogens is 1. The molecule has 1 N–H and O–H groups in total. The largest absolute Gasteiger partial charge is 0.357 e. The highest BCUT2D eigenvalue weighted by molar-refractivity contribution is 9.10. The van der Waals surface area contributed by atoms with Crippen molar-refractivity contribution in [1.29, 1.82) is 0 Å². The number of benzene rings is 1. The lowest BCUT2D eigenvalue weighted by Gasteiger charge is -2.19. The summed E-state index contributed by atoms with van der Waals surface area (Å²) in [5.41, 5.74) is 1.70. The molecule has 1 aromatic heterocycles. The Morgan fingerprint density at radius 2 is 1.82 bits per heavy atom. The molecule has 116 valence electrons. The van der Waals surface area contributed by atoms with Crippen molar-refractivity contribution in [2.24, 2.45) is 0 Å². The van der Waals surface area contributed by atoms with Crippen molar-refractivity contribution >= 4 is 33.3 Å². The minimum absolute atomic E-state index is 0.0419. The molecule has 0 atom stereocenters. The Hall–Kier alpha value is -1.88. The number of pyridine rings is 1. The molecule has 0 unspecified atom stereocenters. The SMILES string of the molecule is CCN(CC)c1ccc(NC(=O)Cc2ccc(Br)cc2)cn1. The normalized spacial score (nSPS) is 10.3. The molecule has 22 heavy (non-hydrogen) atoms. The smallest absolute Gasteiger partial charge is 0.228 e. The Bertz CT molecular complexity index is 607. The monoisotopic (exact) mass is 361 g/mol. The van der Waals surface area contributed by atoms with E-state index in [-0.39, 0.29) is 5.91 Å². The fourth-order valence-electron chi connectivity index (χ4n) is 2.19. The number of anilines is 2. The molecule has 0 aliphatic heterocycles. The lowest BCUT2D eigenvalue weighted by molar-refractivity contribution is -0.115. The third-order valence-corrected chi connectivity index (χ3v) is 3.93. The maximum absolute atomic E-state index is 12.0. The topological polar surface area (TPSA) is 45.2 Å². The minimum atomic E-state index is -0.0419. The Labute approximate surface area is 139 Å². The molecule has 0 aliphatic carbocycles. The summed E-state index contributed by atoms with van der Waals surface area (Å²) in [4.78, 5) is 18.6. The first-order chi connectivity index (χ1) is 10.6. The third-order valence-electron chi connectivity index (χ3n) is 3.40. The molecule has 0 fully saturated rings. The summed E-state index contributed by atoms with van der Waals surface area (Å²) in [6.07, 6.45) is 2.05. The molecule has 0 aliphatic rings. The summed E-state index contributed by atoms with van der Waals surface area (Å²) in [6, 6.07) is 11.6. The summed E-state index contributed by atoms with van der Waals surface area (Å²) >= 11 is 3.38. The van der Waals surface area contributed by atoms with Gasteiger partial charge in [-0.25, -0.2) is 4.98 Å². The molecule has 2 aromatic rings. The molecule has 4 nitrogen and oxygen atoms in total. The van der Waals surface area contributed by atoms with E-state index in [4.69, 9.17) is 0 Å². The molecular weight excluding hydrogens is 342 g/mol. The summed E-state index contributed by atoms with van der Waals surface area (Å²) in [6.45, 7) is 6.02. The Morgan fingerprint density at radius 1 is 1.14 bits per heavy atom. The molecule has 1 heterocycles. The molecule has 0 saturated carbocycles. The van der Waals surface area contributed by atoms with Gasteiger partial charge in [-0.1, -0.05) is 28.1 Å². The van der Waals surface area contributed by atoms with Crippen LogP contribution in [-0.4, -0.2) is 24.0 Å². The third kappa shape index (κ3) is 4.56. The van der Waals surface area contributed by atoms with Crippen molar-refractivity contribution in [2.75, 3.05) is 23.3 Å². The zero-order valence-electron chi connectivity index (χ0n) is 12.8. The predicted octanol–water partition coefficient (Wildman–Crippen LogP) is 3.87. The van der Waals surface area contributed by atoms with Crippen molar-refractivity contribution in [3.05, 3.63) is 52.6 Å². The number of carbonyl (C=O) groups excluding carboxylic acids is 1. The Morgan fingerprint density at radius 3 is 2.36 bits per heavy atom. The molecule has 0 bridgehead atoms. The van der Waals surface area contributed by atoms with Crippen molar-refractivity contribution in [3.63, 3.8) is 0 Å². The van der Waals surface area contributed by atoms with Gasteiger partial charge in [-0.2, -0.15) is 0 Å². The molecule has 1 aromatic carbocycles. The Kier molecular flexibility index (Phi) is 5.95. The molecule has 1 amide bonds. The first-order valence-corrected chi connectivity index (χ1v) is 8.17. The van der Waals surface area contributed by atoms with Gasteiger partial charge < -0.3 is 10.2 Å². The molecule has 0 spiro atoms. The first kappa shape index (κ1) is 16.5. The van der Waals surface area contributed by atoms with Crippen LogP contribution in [0.5, 0.6) is 0 Å². The van der Waals surface area contributed by atoms with Gasteiger partial charge in [0, 0.05) is 17.6 Å². The first-order valence-electron chi connectivity index (χ1n) is 7.37. The zero-order valence-corrected chi connectivity index (χ0v) is 14.4. The average Bonchev–Trinajstić information content (AvgIpc) is 2.52. The standard InChI is InChI=1S/C17H20BrN3O/c1-3-21(4-2)16-10-9-15(12-19-16)20-17(22)11-13-5-7-14(18)8-6-13/h5-10,12H,3-4,11H2,1-2H3,(H,20,22). The van der Waals surface area contributed by atoms with E-state index in [0.717, 1.165) is 34.6 Å². The molecule has 0 radical (unpaired) electrons. The van der Waals surface area contributed by atoms with Crippen LogP contribution in [0.25, 0.3) is 0 Å². The number of hydrogen-bond donors (Lipinski definition) is 1. The summed E-state index contributed by atoms with van der Waals surface area (Å²) in [5.74, 6) is 0.885. The molecule has 0 saturated heterocycles. The van der Waals surface area contributed by atoms with Crippen LogP contribution in [-0.2, 0) is 11.2 Å². The highest BCUT2D eigenvalue weighted by Crippen LogP contribution is 2.15. The maximum atomic E-state index is 12.0. The van der Waals surface area contributed by atoms with Gasteiger partial charge in [-0.15, -0.1) is 0 Å². The quantitative estimate of drug-likeness (QED) is 0.849. The van der Waals surface area contributed by atoms with Gasteiger partial charge in [0.1, 0.15) is 5.82 Å². The van der Waals surface area contributed by atoms with E-state index >= 15 is 0 Å². The summed E-state index contributed by atoms with van der Waals surface area (Å²) in [7, 11) is 0. The van der Waals surface area contributed by atoms with E-state index in [0.29, 0.717) is 6.42 Å². The zero-order chi connectivity index (χ0) is 15.9. The van der Waals surface area contributed by atoms with Crippen LogP contribution in [0.3, 0.4) is 0 Å². The highest BCUT2D eigenvalue weighted by atomic mass is 79.9. The number of carbonyl (C=O) groups is 1. The lowest BCUT2D eigenvalue weighted by atomic mass is 10.1. The van der Waals surface area contributed by atoms with Crippen LogP contribution in [0.4, 0.5) is 11.5 Å². The van der Waals surface area contributed by atoms with E-state index in [2.05, 4.69) is 45.0 Å². The summed E-state index contributed by atoms with van der Waals surface area (Å²) in [5, 5.41) is 2.88. The van der Waals surface area contributed by atoms with Crippen molar-refractivity contribution in [3.8, 4) is 0 Å². The van der Waals surface area contributed by atoms with Gasteiger partial charge in [-0.05, 0) is 43.7 Å². The van der Waals surface area contributed by atoms with Crippen LogP contribution in [0.2, 0.25) is 0 Å². The number of rotatable bonds is 6. The van der Waals surface area contributed by atoms with Gasteiger partial charge in [0.15, 0.2) is 0 Å². The number of nitrogens with one attached hydrogen (secondary N) is 1. The van der Waals surface area contributed by atoms with Gasteiger partial charge in [0.05, 0.1) is 18.3 Å². The second kappa shape index (κ2) is 7.94. The summed E-state index contributed by atoms with van der Waals surface area (Å²) < 4.78 is 1.01. The van der Waals surface area contributed by atoms with Crippen LogP contribution >= 0.6 is 15.9 Å². The lowest BCUT2D eigenvalue weighted by Crippen LogP contribution is -2.23. The van der Waals surface area contributed by atoms with Crippen LogP contribution in [0.1, 0.15) is 19.4 Å². The predicted molar refractivity (Wildman–Crippen MR) is 94.3 cm³/mol. The molecular formula is C17H20BrN3O. The maximum Gasteiger partial charge on any atom is 0.228 e. The Balaban J connectivity index is 1.95. The number of amides is 1. The average molecular weight is 362 g/mol. The molecule has 5 heteroatoms. The fraction of sp³-hybridized carbons (Fsp3) is 0.294. The second-order valence-electron chi connectivity index (χ2n) is 4.93. The number of nitrogens with zero attached hydrogens (tertiary/aromatic N) is 2. The fourth-order valence-corrected chi connectivity index (χ4v) is 2.45. The van der Waals surface area contributed by atoms with Gasteiger partial charge in [-0.3, -0.25) is 4.79 Å². The van der Waals surface area contributed by atoms with Crippen LogP contribution in [0, 0.1) is 0 Å². The second-order valence-corrected chi connectivity index (χ2v) is 5.84. The van der Waals surface area contributed by atoms with E-state index in [9.17, 15) is 4.79 Å². The highest BCUT2D eigenvalue weighted by Gasteiger charge is 2.06.